The third-order valence-electron chi connectivity index (χ3n) is 2.54. The molecule has 0 saturated carbocycles. The van der Waals surface area contributed by atoms with Crippen LogP contribution in [0.15, 0.2) is 24.3 Å². The molecule has 1 aromatic carbocycles. The minimum atomic E-state index is -1.36. The SMILES string of the molecule is O=C(O)C(=O)CCCCc1ccc(CF)cc1. The van der Waals surface area contributed by atoms with E-state index in [0.29, 0.717) is 12.0 Å². The van der Waals surface area contributed by atoms with E-state index in [1.165, 1.54) is 0 Å². The minimum Gasteiger partial charge on any atom is -0.476 e. The Kier molecular flexibility index (Phi) is 5.33. The Morgan fingerprint density at radius 2 is 1.65 bits per heavy atom. The third-order valence-corrected chi connectivity index (χ3v) is 2.54. The van der Waals surface area contributed by atoms with Gasteiger partial charge in [-0.1, -0.05) is 24.3 Å². The highest BCUT2D eigenvalue weighted by molar-refractivity contribution is 6.32. The molecule has 0 heterocycles. The number of unbranched alkanes of at least 4 members (excludes halogenated alkanes) is 1. The number of carboxylic acids is 1. The van der Waals surface area contributed by atoms with Gasteiger partial charge in [0.1, 0.15) is 6.67 Å². The summed E-state index contributed by atoms with van der Waals surface area (Å²) in [6.07, 6.45) is 2.18. The number of aliphatic carboxylic acids is 1. The molecule has 0 saturated heterocycles. The molecule has 0 spiro atoms. The Morgan fingerprint density at radius 1 is 1.06 bits per heavy atom. The van der Waals surface area contributed by atoms with Crippen LogP contribution in [0.3, 0.4) is 0 Å². The number of benzene rings is 1. The summed E-state index contributed by atoms with van der Waals surface area (Å²) in [5, 5.41) is 8.37. The first-order valence-electron chi connectivity index (χ1n) is 5.53. The van der Waals surface area contributed by atoms with E-state index in [4.69, 9.17) is 5.11 Å². The lowest BCUT2D eigenvalue weighted by atomic mass is 10.0. The van der Waals surface area contributed by atoms with Gasteiger partial charge in [0, 0.05) is 6.42 Å². The first kappa shape index (κ1) is 13.4. The molecule has 1 rings (SSSR count). The number of halogens is 1. The second kappa shape index (κ2) is 6.78. The number of carboxylic acid groups (broad SMARTS) is 1. The number of carbonyl (C=O) groups is 2. The summed E-state index contributed by atoms with van der Waals surface area (Å²) in [5.41, 5.74) is 1.72. The molecule has 0 aliphatic heterocycles. The van der Waals surface area contributed by atoms with Gasteiger partial charge < -0.3 is 5.11 Å². The maximum Gasteiger partial charge on any atom is 0.372 e. The van der Waals surface area contributed by atoms with E-state index in [9.17, 15) is 14.0 Å². The molecule has 0 aromatic heterocycles. The van der Waals surface area contributed by atoms with Crippen LogP contribution >= 0.6 is 0 Å². The first-order valence-corrected chi connectivity index (χ1v) is 5.53. The zero-order valence-corrected chi connectivity index (χ0v) is 9.49. The number of Topliss-reactive ketones (excluding diaryl/α,β-unsaturated/α-hetero) is 1. The van der Waals surface area contributed by atoms with Gasteiger partial charge in [-0.15, -0.1) is 0 Å². The van der Waals surface area contributed by atoms with E-state index in [2.05, 4.69) is 0 Å². The minimum absolute atomic E-state index is 0.0812. The monoisotopic (exact) mass is 238 g/mol. The Hall–Kier alpha value is -1.71. The van der Waals surface area contributed by atoms with Crippen molar-refractivity contribution in [2.75, 3.05) is 0 Å². The fraction of sp³-hybridized carbons (Fsp3) is 0.385. The number of aryl methyl sites for hydroxylation is 1. The summed E-state index contributed by atoms with van der Waals surface area (Å²) < 4.78 is 12.2. The molecule has 3 nitrogen and oxygen atoms in total. The lowest BCUT2D eigenvalue weighted by Gasteiger charge is -2.01. The van der Waals surface area contributed by atoms with Crippen molar-refractivity contribution in [2.24, 2.45) is 0 Å². The number of alkyl halides is 1. The van der Waals surface area contributed by atoms with Crippen LogP contribution in [0.1, 0.15) is 30.4 Å². The molecule has 0 amide bonds. The highest BCUT2D eigenvalue weighted by Crippen LogP contribution is 2.09. The van der Waals surface area contributed by atoms with Crippen LogP contribution in [0.2, 0.25) is 0 Å². The number of rotatable bonds is 7. The molecule has 1 N–H and O–H groups in total. The van der Waals surface area contributed by atoms with Crippen LogP contribution in [0.25, 0.3) is 0 Å². The number of ketones is 1. The Balaban J connectivity index is 2.26. The highest BCUT2D eigenvalue weighted by atomic mass is 19.1. The summed E-state index contributed by atoms with van der Waals surface area (Å²) in [6, 6.07) is 7.18. The standard InChI is InChI=1S/C13H15FO3/c14-9-11-7-5-10(6-8-11)3-1-2-4-12(15)13(16)17/h5-8H,1-4,9H2,(H,16,17). The molecule has 0 fully saturated rings. The van der Waals surface area contributed by atoms with Gasteiger partial charge in [-0.05, 0) is 30.4 Å². The third kappa shape index (κ3) is 4.76. The molecule has 0 unspecified atom stereocenters. The molecule has 0 atom stereocenters. The quantitative estimate of drug-likeness (QED) is 0.586. The van der Waals surface area contributed by atoms with Crippen LogP contribution in [0.5, 0.6) is 0 Å². The molecule has 0 bridgehead atoms. The van der Waals surface area contributed by atoms with Crippen molar-refractivity contribution in [1.29, 1.82) is 0 Å². The second-order valence-corrected chi connectivity index (χ2v) is 3.89. The maximum absolute atomic E-state index is 12.2. The van der Waals surface area contributed by atoms with Crippen LogP contribution in [0.4, 0.5) is 4.39 Å². The summed E-state index contributed by atoms with van der Waals surface area (Å²) in [7, 11) is 0. The van der Waals surface area contributed by atoms with Crippen molar-refractivity contribution in [1.82, 2.24) is 0 Å². The largest absolute Gasteiger partial charge is 0.476 e. The van der Waals surface area contributed by atoms with E-state index in [1.807, 2.05) is 12.1 Å². The van der Waals surface area contributed by atoms with Gasteiger partial charge in [0.25, 0.3) is 0 Å². The molecule has 4 heteroatoms. The first-order chi connectivity index (χ1) is 8.13. The summed E-state index contributed by atoms with van der Waals surface area (Å²) in [4.78, 5) is 21.0. The van der Waals surface area contributed by atoms with Crippen LogP contribution in [-0.4, -0.2) is 16.9 Å². The van der Waals surface area contributed by atoms with E-state index in [1.54, 1.807) is 12.1 Å². The second-order valence-electron chi connectivity index (χ2n) is 3.89. The van der Waals surface area contributed by atoms with Gasteiger partial charge in [0.15, 0.2) is 0 Å². The Labute approximate surface area is 99.3 Å². The number of carbonyl (C=O) groups excluding carboxylic acids is 1. The zero-order chi connectivity index (χ0) is 12.7. The summed E-state index contributed by atoms with van der Waals surface area (Å²) >= 11 is 0. The smallest absolute Gasteiger partial charge is 0.372 e. The molecule has 0 aliphatic carbocycles. The fourth-order valence-corrected chi connectivity index (χ4v) is 1.52. The molecule has 92 valence electrons. The van der Waals surface area contributed by atoms with Gasteiger partial charge in [-0.25, -0.2) is 9.18 Å². The molecule has 0 radical (unpaired) electrons. The van der Waals surface area contributed by atoms with Gasteiger partial charge in [0.2, 0.25) is 5.78 Å². The normalized spacial score (nSPS) is 10.2. The van der Waals surface area contributed by atoms with Gasteiger partial charge >= 0.3 is 5.97 Å². The van der Waals surface area contributed by atoms with Crippen LogP contribution in [0, 0.1) is 0 Å². The molecule has 1 aromatic rings. The number of hydrogen-bond donors (Lipinski definition) is 1. The van der Waals surface area contributed by atoms with Crippen molar-refractivity contribution in [3.05, 3.63) is 35.4 Å². The van der Waals surface area contributed by atoms with Crippen molar-refractivity contribution in [2.45, 2.75) is 32.4 Å². The maximum atomic E-state index is 12.2. The molecular formula is C13H15FO3. The van der Waals surface area contributed by atoms with Crippen LogP contribution < -0.4 is 0 Å². The van der Waals surface area contributed by atoms with Crippen molar-refractivity contribution < 1.29 is 19.1 Å². The van der Waals surface area contributed by atoms with E-state index in [-0.39, 0.29) is 6.42 Å². The average Bonchev–Trinajstić information content (AvgIpc) is 2.35. The van der Waals surface area contributed by atoms with Crippen molar-refractivity contribution in [3.63, 3.8) is 0 Å². The van der Waals surface area contributed by atoms with Crippen molar-refractivity contribution in [3.8, 4) is 0 Å². The molecular weight excluding hydrogens is 223 g/mol. The summed E-state index contributed by atoms with van der Waals surface area (Å²) in [5.74, 6) is -2.10. The predicted molar refractivity (Wildman–Crippen MR) is 61.5 cm³/mol. The van der Waals surface area contributed by atoms with Gasteiger partial charge in [-0.3, -0.25) is 4.79 Å². The van der Waals surface area contributed by atoms with Crippen molar-refractivity contribution >= 4 is 11.8 Å². The van der Waals surface area contributed by atoms with Gasteiger partial charge in [0.05, 0.1) is 0 Å². The predicted octanol–water partition coefficient (Wildman–Crippen LogP) is 2.52. The lowest BCUT2D eigenvalue weighted by Crippen LogP contribution is -2.11. The zero-order valence-electron chi connectivity index (χ0n) is 9.49. The number of hydrogen-bond acceptors (Lipinski definition) is 2. The molecule has 17 heavy (non-hydrogen) atoms. The lowest BCUT2D eigenvalue weighted by molar-refractivity contribution is -0.149. The topological polar surface area (TPSA) is 54.4 Å². The Bertz CT molecular complexity index is 384. The van der Waals surface area contributed by atoms with Crippen LogP contribution in [-0.2, 0) is 22.7 Å². The summed E-state index contributed by atoms with van der Waals surface area (Å²) in [6.45, 7) is -0.465. The van der Waals surface area contributed by atoms with E-state index < -0.39 is 18.4 Å². The average molecular weight is 238 g/mol. The molecule has 0 aliphatic rings. The Morgan fingerprint density at radius 3 is 2.18 bits per heavy atom. The van der Waals surface area contributed by atoms with E-state index in [0.717, 1.165) is 18.4 Å². The van der Waals surface area contributed by atoms with E-state index >= 15 is 0 Å². The highest BCUT2D eigenvalue weighted by Gasteiger charge is 2.09. The van der Waals surface area contributed by atoms with Gasteiger partial charge in [-0.2, -0.15) is 0 Å². The fourth-order valence-electron chi connectivity index (χ4n) is 1.52.